The van der Waals surface area contributed by atoms with Crippen LogP contribution in [0, 0.1) is 22.7 Å². The number of anilines is 1. The monoisotopic (exact) mass is 303 g/mol. The van der Waals surface area contributed by atoms with Crippen LogP contribution in [-0.2, 0) is 0 Å². The molecule has 0 spiro atoms. The smallest absolute Gasteiger partial charge is 0.268 e. The highest BCUT2D eigenvalue weighted by molar-refractivity contribution is 5.82. The van der Waals surface area contributed by atoms with E-state index in [9.17, 15) is 15.3 Å². The van der Waals surface area contributed by atoms with Crippen LogP contribution in [0.5, 0.6) is 0 Å². The van der Waals surface area contributed by atoms with Crippen molar-refractivity contribution >= 4 is 5.82 Å². The van der Waals surface area contributed by atoms with Gasteiger partial charge in [-0.3, -0.25) is 4.79 Å². The fourth-order valence-electron chi connectivity index (χ4n) is 2.32. The molecule has 0 unspecified atom stereocenters. The standard InChI is InChI=1S/C16H9N5O2/c17-5-11-14(12(6-18)16(22)21-15(11)19)10-3-1-2-9(4-10)13-7-20-8-23-13/h1-4,7-8H,(H3,19,21,22). The van der Waals surface area contributed by atoms with Gasteiger partial charge in [-0.1, -0.05) is 18.2 Å². The zero-order chi connectivity index (χ0) is 16.4. The molecule has 3 aromatic rings. The second-order valence-corrected chi connectivity index (χ2v) is 4.66. The van der Waals surface area contributed by atoms with Crippen LogP contribution in [0.25, 0.3) is 22.5 Å². The number of nitrogens with two attached hydrogens (primary N) is 1. The summed E-state index contributed by atoms with van der Waals surface area (Å²) in [6, 6.07) is 10.7. The van der Waals surface area contributed by atoms with Gasteiger partial charge in [0.1, 0.15) is 29.1 Å². The van der Waals surface area contributed by atoms with Crippen molar-refractivity contribution in [3.63, 3.8) is 0 Å². The minimum atomic E-state index is -0.635. The first-order valence-corrected chi connectivity index (χ1v) is 6.51. The molecule has 2 aromatic heterocycles. The van der Waals surface area contributed by atoms with E-state index in [1.807, 2.05) is 12.1 Å². The van der Waals surface area contributed by atoms with Gasteiger partial charge in [-0.2, -0.15) is 10.5 Å². The molecule has 3 rings (SSSR count). The number of nitrogens with zero attached hydrogens (tertiary/aromatic N) is 3. The normalized spacial score (nSPS) is 10.0. The maximum atomic E-state index is 12.0. The molecule has 0 atom stereocenters. The van der Waals surface area contributed by atoms with Crippen molar-refractivity contribution in [3.05, 3.63) is 58.3 Å². The molecule has 7 heteroatoms. The van der Waals surface area contributed by atoms with Crippen LogP contribution in [0.15, 0.2) is 46.1 Å². The molecule has 110 valence electrons. The predicted molar refractivity (Wildman–Crippen MR) is 81.8 cm³/mol. The summed E-state index contributed by atoms with van der Waals surface area (Å²) in [6.07, 6.45) is 2.84. The average molecular weight is 303 g/mol. The fourth-order valence-corrected chi connectivity index (χ4v) is 2.32. The first-order chi connectivity index (χ1) is 11.2. The quantitative estimate of drug-likeness (QED) is 0.744. The lowest BCUT2D eigenvalue weighted by molar-refractivity contribution is 0.572. The lowest BCUT2D eigenvalue weighted by atomic mass is 9.95. The molecule has 0 saturated heterocycles. The van der Waals surface area contributed by atoms with E-state index in [-0.39, 0.29) is 22.5 Å². The first kappa shape index (κ1) is 14.1. The first-order valence-electron chi connectivity index (χ1n) is 6.51. The number of aromatic nitrogens is 2. The number of nitriles is 2. The summed E-state index contributed by atoms with van der Waals surface area (Å²) in [7, 11) is 0. The molecule has 0 aliphatic heterocycles. The van der Waals surface area contributed by atoms with Crippen LogP contribution in [0.2, 0.25) is 0 Å². The Morgan fingerprint density at radius 2 is 1.91 bits per heavy atom. The zero-order valence-electron chi connectivity index (χ0n) is 11.7. The highest BCUT2D eigenvalue weighted by Gasteiger charge is 2.18. The number of oxazole rings is 1. The van der Waals surface area contributed by atoms with Crippen molar-refractivity contribution in [2.24, 2.45) is 0 Å². The van der Waals surface area contributed by atoms with Gasteiger partial charge < -0.3 is 15.1 Å². The molecule has 0 aliphatic rings. The van der Waals surface area contributed by atoms with Gasteiger partial charge in [0, 0.05) is 11.1 Å². The largest absolute Gasteiger partial charge is 0.444 e. The second-order valence-electron chi connectivity index (χ2n) is 4.66. The van der Waals surface area contributed by atoms with Gasteiger partial charge in [0.15, 0.2) is 12.2 Å². The van der Waals surface area contributed by atoms with Crippen molar-refractivity contribution in [2.75, 3.05) is 5.73 Å². The SMILES string of the molecule is N#Cc1c(N)[nH]c(=O)c(C#N)c1-c1cccc(-c2cnco2)c1. The van der Waals surface area contributed by atoms with Gasteiger partial charge in [0.25, 0.3) is 5.56 Å². The molecule has 0 aliphatic carbocycles. The Kier molecular flexibility index (Phi) is 3.38. The zero-order valence-corrected chi connectivity index (χ0v) is 11.7. The van der Waals surface area contributed by atoms with E-state index in [0.29, 0.717) is 16.9 Å². The highest BCUT2D eigenvalue weighted by Crippen LogP contribution is 2.31. The fraction of sp³-hybridized carbons (Fsp3) is 0. The number of benzene rings is 1. The van der Waals surface area contributed by atoms with E-state index >= 15 is 0 Å². The van der Waals surface area contributed by atoms with Crippen LogP contribution in [0.4, 0.5) is 5.82 Å². The maximum Gasteiger partial charge on any atom is 0.268 e. The van der Waals surface area contributed by atoms with Gasteiger partial charge in [0.05, 0.1) is 6.20 Å². The minimum Gasteiger partial charge on any atom is -0.444 e. The number of hydrogen-bond donors (Lipinski definition) is 2. The number of H-pyrrole nitrogens is 1. The van der Waals surface area contributed by atoms with Crippen molar-refractivity contribution < 1.29 is 4.42 Å². The Hall–Kier alpha value is -3.84. The lowest BCUT2D eigenvalue weighted by Gasteiger charge is -2.09. The molecule has 0 saturated carbocycles. The number of nitrogen functional groups attached to an aromatic ring is 1. The second kappa shape index (κ2) is 5.51. The topological polar surface area (TPSA) is 132 Å². The lowest BCUT2D eigenvalue weighted by Crippen LogP contribution is -2.16. The van der Waals surface area contributed by atoms with Crippen LogP contribution in [0.1, 0.15) is 11.1 Å². The predicted octanol–water partition coefficient (Wildman–Crippen LogP) is 2.02. The van der Waals surface area contributed by atoms with Crippen molar-refractivity contribution in [2.45, 2.75) is 0 Å². The Balaban J connectivity index is 2.32. The van der Waals surface area contributed by atoms with E-state index in [1.165, 1.54) is 6.39 Å². The Labute approximate surface area is 130 Å². The number of pyridine rings is 1. The van der Waals surface area contributed by atoms with Gasteiger partial charge in [0.2, 0.25) is 0 Å². The number of aromatic amines is 1. The molecule has 0 amide bonds. The summed E-state index contributed by atoms with van der Waals surface area (Å²) >= 11 is 0. The molecule has 0 bridgehead atoms. The van der Waals surface area contributed by atoms with E-state index < -0.39 is 5.56 Å². The summed E-state index contributed by atoms with van der Waals surface area (Å²) in [5, 5.41) is 18.6. The highest BCUT2D eigenvalue weighted by atomic mass is 16.3. The molecule has 3 N–H and O–H groups in total. The summed E-state index contributed by atoms with van der Waals surface area (Å²) in [5.74, 6) is 0.457. The van der Waals surface area contributed by atoms with Gasteiger partial charge >= 0.3 is 0 Å². The molecule has 1 aromatic carbocycles. The van der Waals surface area contributed by atoms with E-state index in [1.54, 1.807) is 30.5 Å². The number of rotatable bonds is 2. The van der Waals surface area contributed by atoms with Crippen molar-refractivity contribution in [1.29, 1.82) is 10.5 Å². The Morgan fingerprint density at radius 1 is 1.17 bits per heavy atom. The molecule has 23 heavy (non-hydrogen) atoms. The third kappa shape index (κ3) is 2.33. The summed E-state index contributed by atoms with van der Waals surface area (Å²) in [5.41, 5.74) is 6.39. The van der Waals surface area contributed by atoms with Crippen LogP contribution in [-0.4, -0.2) is 9.97 Å². The number of hydrogen-bond acceptors (Lipinski definition) is 6. The average Bonchev–Trinajstić information content (AvgIpc) is 3.09. The molecule has 0 fully saturated rings. The third-order valence-electron chi connectivity index (χ3n) is 3.34. The Bertz CT molecular complexity index is 1020. The Morgan fingerprint density at radius 3 is 2.57 bits per heavy atom. The molecule has 0 radical (unpaired) electrons. The van der Waals surface area contributed by atoms with Crippen LogP contribution >= 0.6 is 0 Å². The van der Waals surface area contributed by atoms with E-state index in [0.717, 1.165) is 0 Å². The summed E-state index contributed by atoms with van der Waals surface area (Å²) in [6.45, 7) is 0. The third-order valence-corrected chi connectivity index (χ3v) is 3.34. The molecule has 2 heterocycles. The summed E-state index contributed by atoms with van der Waals surface area (Å²) in [4.78, 5) is 18.1. The van der Waals surface area contributed by atoms with Crippen LogP contribution < -0.4 is 11.3 Å². The number of nitrogens with one attached hydrogen (secondary N) is 1. The summed E-state index contributed by atoms with van der Waals surface area (Å²) < 4.78 is 5.24. The minimum absolute atomic E-state index is 0.0517. The maximum absolute atomic E-state index is 12.0. The van der Waals surface area contributed by atoms with Crippen molar-refractivity contribution in [1.82, 2.24) is 9.97 Å². The van der Waals surface area contributed by atoms with E-state index in [4.69, 9.17) is 10.2 Å². The van der Waals surface area contributed by atoms with Gasteiger partial charge in [-0.15, -0.1) is 0 Å². The van der Waals surface area contributed by atoms with E-state index in [2.05, 4.69) is 9.97 Å². The van der Waals surface area contributed by atoms with Gasteiger partial charge in [-0.25, -0.2) is 4.98 Å². The van der Waals surface area contributed by atoms with Crippen molar-refractivity contribution in [3.8, 4) is 34.6 Å². The molecular weight excluding hydrogens is 294 g/mol. The molecular formula is C16H9N5O2. The van der Waals surface area contributed by atoms with Crippen LogP contribution in [0.3, 0.4) is 0 Å². The molecule has 7 nitrogen and oxygen atoms in total. The van der Waals surface area contributed by atoms with Gasteiger partial charge in [-0.05, 0) is 11.6 Å².